The maximum Gasteiger partial charge on any atom is 0.169 e. The van der Waals surface area contributed by atoms with Crippen LogP contribution in [0.2, 0.25) is 0 Å². The molecule has 4 heteroatoms. The van der Waals surface area contributed by atoms with Gasteiger partial charge in [-0.25, -0.2) is 9.50 Å². The highest BCUT2D eigenvalue weighted by atomic mass is 79.9. The Bertz CT molecular complexity index is 473. The summed E-state index contributed by atoms with van der Waals surface area (Å²) in [4.78, 5) is 4.40. The SMILES string of the molecule is Brc1cnn2cc(C3CCC3)cnc12. The number of halogens is 1. The van der Waals surface area contributed by atoms with Gasteiger partial charge in [0, 0.05) is 12.4 Å². The van der Waals surface area contributed by atoms with Crippen LogP contribution in [0.5, 0.6) is 0 Å². The molecule has 0 N–H and O–H groups in total. The van der Waals surface area contributed by atoms with Gasteiger partial charge in [0.2, 0.25) is 0 Å². The normalized spacial score (nSPS) is 17.2. The van der Waals surface area contributed by atoms with Gasteiger partial charge < -0.3 is 0 Å². The molecule has 0 aromatic carbocycles. The standard InChI is InChI=1S/C10H10BrN3/c11-9-5-13-14-6-8(4-12-10(9)14)7-2-1-3-7/h4-7H,1-3H2. The summed E-state index contributed by atoms with van der Waals surface area (Å²) < 4.78 is 2.80. The summed E-state index contributed by atoms with van der Waals surface area (Å²) in [6.07, 6.45) is 9.81. The van der Waals surface area contributed by atoms with Crippen molar-refractivity contribution in [3.05, 3.63) is 28.6 Å². The third-order valence-corrected chi connectivity index (χ3v) is 3.47. The van der Waals surface area contributed by atoms with Crippen LogP contribution >= 0.6 is 15.9 Å². The smallest absolute Gasteiger partial charge is 0.169 e. The van der Waals surface area contributed by atoms with Crippen LogP contribution in [-0.2, 0) is 0 Å². The largest absolute Gasteiger partial charge is 0.236 e. The van der Waals surface area contributed by atoms with Crippen molar-refractivity contribution in [2.45, 2.75) is 25.2 Å². The molecule has 72 valence electrons. The van der Waals surface area contributed by atoms with E-state index in [9.17, 15) is 0 Å². The van der Waals surface area contributed by atoms with Gasteiger partial charge in [-0.3, -0.25) is 0 Å². The Hall–Kier alpha value is -0.900. The molecular weight excluding hydrogens is 242 g/mol. The van der Waals surface area contributed by atoms with Crippen LogP contribution in [0.3, 0.4) is 0 Å². The predicted octanol–water partition coefficient (Wildman–Crippen LogP) is 2.76. The Labute approximate surface area is 90.3 Å². The first-order valence-corrected chi connectivity index (χ1v) is 5.62. The van der Waals surface area contributed by atoms with Crippen LogP contribution in [0.25, 0.3) is 5.65 Å². The van der Waals surface area contributed by atoms with E-state index >= 15 is 0 Å². The molecular formula is C10H10BrN3. The molecule has 1 aliphatic rings. The Morgan fingerprint density at radius 3 is 2.93 bits per heavy atom. The van der Waals surface area contributed by atoms with Crippen molar-refractivity contribution in [1.82, 2.24) is 14.6 Å². The zero-order chi connectivity index (χ0) is 9.54. The first-order chi connectivity index (χ1) is 6.84. The van der Waals surface area contributed by atoms with Crippen LogP contribution in [0.4, 0.5) is 0 Å². The van der Waals surface area contributed by atoms with Gasteiger partial charge in [-0.1, -0.05) is 6.42 Å². The van der Waals surface area contributed by atoms with Crippen molar-refractivity contribution in [1.29, 1.82) is 0 Å². The van der Waals surface area contributed by atoms with Crippen LogP contribution in [0.1, 0.15) is 30.7 Å². The summed E-state index contributed by atoms with van der Waals surface area (Å²) in [6.45, 7) is 0. The summed E-state index contributed by atoms with van der Waals surface area (Å²) in [5, 5.41) is 4.23. The molecule has 0 bridgehead atoms. The molecule has 0 aliphatic heterocycles. The Kier molecular flexibility index (Phi) is 1.83. The fourth-order valence-corrected chi connectivity index (χ4v) is 2.19. The Balaban J connectivity index is 2.10. The van der Waals surface area contributed by atoms with Gasteiger partial charge in [-0.2, -0.15) is 5.10 Å². The van der Waals surface area contributed by atoms with Crippen molar-refractivity contribution in [3.63, 3.8) is 0 Å². The molecule has 0 saturated heterocycles. The maximum absolute atomic E-state index is 4.40. The van der Waals surface area contributed by atoms with E-state index in [4.69, 9.17) is 0 Å². The monoisotopic (exact) mass is 251 g/mol. The average Bonchev–Trinajstić information content (AvgIpc) is 2.45. The van der Waals surface area contributed by atoms with Gasteiger partial charge in [0.25, 0.3) is 0 Å². The minimum absolute atomic E-state index is 0.717. The molecule has 3 rings (SSSR count). The minimum Gasteiger partial charge on any atom is -0.236 e. The third-order valence-electron chi connectivity index (χ3n) is 2.91. The van der Waals surface area contributed by atoms with Crippen molar-refractivity contribution >= 4 is 21.6 Å². The van der Waals surface area contributed by atoms with Crippen LogP contribution < -0.4 is 0 Å². The van der Waals surface area contributed by atoms with Gasteiger partial charge in [0.05, 0.1) is 10.7 Å². The van der Waals surface area contributed by atoms with Crippen LogP contribution in [0.15, 0.2) is 23.1 Å². The van der Waals surface area contributed by atoms with E-state index in [1.807, 2.05) is 10.7 Å². The van der Waals surface area contributed by atoms with E-state index in [0.717, 1.165) is 16.0 Å². The van der Waals surface area contributed by atoms with E-state index < -0.39 is 0 Å². The van der Waals surface area contributed by atoms with Gasteiger partial charge in [0.15, 0.2) is 5.65 Å². The van der Waals surface area contributed by atoms with E-state index in [1.54, 1.807) is 6.20 Å². The average molecular weight is 252 g/mol. The highest BCUT2D eigenvalue weighted by Crippen LogP contribution is 2.35. The fraction of sp³-hybridized carbons (Fsp3) is 0.400. The summed E-state index contributed by atoms with van der Waals surface area (Å²) in [5.41, 5.74) is 2.22. The second kappa shape index (κ2) is 3.05. The van der Waals surface area contributed by atoms with E-state index in [0.29, 0.717) is 0 Å². The molecule has 2 heterocycles. The Morgan fingerprint density at radius 1 is 1.36 bits per heavy atom. The lowest BCUT2D eigenvalue weighted by atomic mass is 9.81. The second-order valence-electron chi connectivity index (χ2n) is 3.78. The molecule has 0 atom stereocenters. The van der Waals surface area contributed by atoms with E-state index in [1.165, 1.54) is 24.8 Å². The maximum atomic E-state index is 4.40. The van der Waals surface area contributed by atoms with Crippen molar-refractivity contribution < 1.29 is 0 Å². The van der Waals surface area contributed by atoms with Crippen molar-refractivity contribution in [2.24, 2.45) is 0 Å². The van der Waals surface area contributed by atoms with E-state index in [2.05, 4.69) is 32.2 Å². The molecule has 14 heavy (non-hydrogen) atoms. The molecule has 2 aromatic rings. The zero-order valence-electron chi connectivity index (χ0n) is 7.65. The molecule has 0 amide bonds. The Morgan fingerprint density at radius 2 is 2.21 bits per heavy atom. The highest BCUT2D eigenvalue weighted by molar-refractivity contribution is 9.10. The van der Waals surface area contributed by atoms with Crippen molar-refractivity contribution in [2.75, 3.05) is 0 Å². The number of fused-ring (bicyclic) bond motifs is 1. The predicted molar refractivity (Wildman–Crippen MR) is 57.3 cm³/mol. The molecule has 2 aromatic heterocycles. The topological polar surface area (TPSA) is 30.2 Å². The quantitative estimate of drug-likeness (QED) is 0.781. The summed E-state index contributed by atoms with van der Waals surface area (Å²) in [6, 6.07) is 0. The first kappa shape index (κ1) is 8.41. The lowest BCUT2D eigenvalue weighted by Crippen LogP contribution is -2.10. The molecule has 3 nitrogen and oxygen atoms in total. The third kappa shape index (κ3) is 1.17. The lowest BCUT2D eigenvalue weighted by Gasteiger charge is -2.25. The number of rotatable bonds is 1. The van der Waals surface area contributed by atoms with Gasteiger partial charge in [0.1, 0.15) is 0 Å². The number of aromatic nitrogens is 3. The van der Waals surface area contributed by atoms with Crippen molar-refractivity contribution in [3.8, 4) is 0 Å². The molecule has 1 saturated carbocycles. The number of nitrogens with zero attached hydrogens (tertiary/aromatic N) is 3. The molecule has 1 fully saturated rings. The minimum atomic E-state index is 0.717. The van der Waals surface area contributed by atoms with Crippen LogP contribution in [-0.4, -0.2) is 14.6 Å². The summed E-state index contributed by atoms with van der Waals surface area (Å²) in [7, 11) is 0. The van der Waals surface area contributed by atoms with E-state index in [-0.39, 0.29) is 0 Å². The molecule has 0 spiro atoms. The van der Waals surface area contributed by atoms with Crippen LogP contribution in [0, 0.1) is 0 Å². The fourth-order valence-electron chi connectivity index (χ4n) is 1.81. The zero-order valence-corrected chi connectivity index (χ0v) is 9.24. The lowest BCUT2D eigenvalue weighted by molar-refractivity contribution is 0.417. The number of hydrogen-bond acceptors (Lipinski definition) is 2. The summed E-state index contributed by atoms with van der Waals surface area (Å²) >= 11 is 3.41. The summed E-state index contributed by atoms with van der Waals surface area (Å²) in [5.74, 6) is 0.717. The van der Waals surface area contributed by atoms with Gasteiger partial charge >= 0.3 is 0 Å². The van der Waals surface area contributed by atoms with Gasteiger partial charge in [-0.05, 0) is 40.3 Å². The molecule has 0 unspecified atom stereocenters. The second-order valence-corrected chi connectivity index (χ2v) is 4.63. The molecule has 1 aliphatic carbocycles. The first-order valence-electron chi connectivity index (χ1n) is 4.83. The number of hydrogen-bond donors (Lipinski definition) is 0. The highest BCUT2D eigenvalue weighted by Gasteiger charge is 2.20. The van der Waals surface area contributed by atoms with Gasteiger partial charge in [-0.15, -0.1) is 0 Å². The molecule has 0 radical (unpaired) electrons.